The Morgan fingerprint density at radius 2 is 0.340 bits per heavy atom. The molecule has 0 unspecified atom stereocenters. The molecule has 4 rings (SSSR count). The van der Waals surface area contributed by atoms with E-state index in [1.807, 2.05) is 0 Å². The van der Waals surface area contributed by atoms with E-state index in [4.69, 9.17) is 49.7 Å². The van der Waals surface area contributed by atoms with Crippen LogP contribution in [-0.4, -0.2) is 8.64 Å². The van der Waals surface area contributed by atoms with Crippen LogP contribution in [-0.2, 0) is 70.4 Å². The first-order chi connectivity index (χ1) is 47.4. The van der Waals surface area contributed by atoms with Gasteiger partial charge in [0.15, 0.2) is 0 Å². The fourth-order valence-corrected chi connectivity index (χ4v) is 15.2. The molecule has 544 valence electrons. The molecular formula is C90H148N2S4Zn. The van der Waals surface area contributed by atoms with E-state index in [1.165, 1.54) is 405 Å². The van der Waals surface area contributed by atoms with Crippen molar-refractivity contribution in [1.82, 2.24) is 0 Å². The third kappa shape index (κ3) is 46.9. The Balaban J connectivity index is 0.000000653. The minimum Gasteiger partial charge on any atom is -0.411 e. The molecule has 0 spiro atoms. The first-order valence-corrected chi connectivity index (χ1v) is 43.3. The Kier molecular flexibility index (Phi) is 62.7. The van der Waals surface area contributed by atoms with E-state index in [2.05, 4.69) is 135 Å². The zero-order chi connectivity index (χ0) is 68.7. The number of thiocarbonyl (C=S) groups is 2. The maximum absolute atomic E-state index is 5.73. The van der Waals surface area contributed by atoms with Gasteiger partial charge in [0, 0.05) is 22.7 Å². The van der Waals surface area contributed by atoms with Crippen LogP contribution in [0.4, 0.5) is 22.7 Å². The van der Waals surface area contributed by atoms with Crippen molar-refractivity contribution >= 4 is 81.1 Å². The molecular weight excluding hydrogens is 1300 g/mol. The summed E-state index contributed by atoms with van der Waals surface area (Å²) in [6.07, 6.45) is 82.3. The van der Waals surface area contributed by atoms with Gasteiger partial charge in [0.05, 0.1) is 0 Å². The zero-order valence-corrected chi connectivity index (χ0v) is 70.1. The van der Waals surface area contributed by atoms with Crippen LogP contribution in [0.5, 0.6) is 0 Å². The molecule has 0 radical (unpaired) electrons. The predicted octanol–water partition coefficient (Wildman–Crippen LogP) is 31.4. The van der Waals surface area contributed by atoms with E-state index in [9.17, 15) is 0 Å². The van der Waals surface area contributed by atoms with Crippen LogP contribution in [0.2, 0.25) is 0 Å². The molecule has 97 heavy (non-hydrogen) atoms. The predicted molar refractivity (Wildman–Crippen MR) is 446 cm³/mol. The molecule has 7 heteroatoms. The number of hydrogen-bond acceptors (Lipinski definition) is 4. The Hall–Kier alpha value is -2.28. The van der Waals surface area contributed by atoms with Gasteiger partial charge in [-0.25, -0.2) is 0 Å². The maximum Gasteiger partial charge on any atom is 2.00 e. The van der Waals surface area contributed by atoms with Crippen molar-refractivity contribution in [1.29, 1.82) is 0 Å². The summed E-state index contributed by atoms with van der Waals surface area (Å²) in [6.45, 7) is 9.20. The third-order valence-corrected chi connectivity index (χ3v) is 21.2. The molecule has 0 aliphatic rings. The molecule has 0 N–H and O–H groups in total. The van der Waals surface area contributed by atoms with Gasteiger partial charge in [0.2, 0.25) is 0 Å². The maximum atomic E-state index is 5.73. The average molecular weight is 1450 g/mol. The summed E-state index contributed by atoms with van der Waals surface area (Å²) >= 11 is 22.9. The second kappa shape index (κ2) is 66.9. The summed E-state index contributed by atoms with van der Waals surface area (Å²) in [7, 11) is 0. The second-order valence-electron chi connectivity index (χ2n) is 29.1. The van der Waals surface area contributed by atoms with E-state index in [0.29, 0.717) is 8.64 Å². The number of benzene rings is 4. The van der Waals surface area contributed by atoms with Crippen molar-refractivity contribution in [3.8, 4) is 0 Å². The van der Waals surface area contributed by atoms with Gasteiger partial charge < -0.3 is 59.5 Å². The second-order valence-corrected chi connectivity index (χ2v) is 31.2. The van der Waals surface area contributed by atoms with Crippen LogP contribution in [0.25, 0.3) is 0 Å². The van der Waals surface area contributed by atoms with Crippen LogP contribution in [0, 0.1) is 0 Å². The molecule has 0 fully saturated rings. The summed E-state index contributed by atoms with van der Waals surface area (Å²) in [5, 5.41) is 0. The molecule has 4 aromatic rings. The minimum absolute atomic E-state index is 0. The molecule has 0 aliphatic heterocycles. The Morgan fingerprint density at radius 3 is 0.474 bits per heavy atom. The average Bonchev–Trinajstić information content (AvgIpc) is 0.818. The van der Waals surface area contributed by atoms with Gasteiger partial charge in [0.25, 0.3) is 0 Å². The topological polar surface area (TPSA) is 6.48 Å². The largest absolute Gasteiger partial charge is 2.00 e. The summed E-state index contributed by atoms with van der Waals surface area (Å²) in [6, 6.07) is 35.3. The molecule has 0 aromatic heterocycles. The molecule has 0 saturated carbocycles. The summed E-state index contributed by atoms with van der Waals surface area (Å²) < 4.78 is 1.05. The summed E-state index contributed by atoms with van der Waals surface area (Å²) in [5.74, 6) is 0. The van der Waals surface area contributed by atoms with Gasteiger partial charge >= 0.3 is 19.5 Å². The molecule has 2 nitrogen and oxygen atoms in total. The molecule has 0 aliphatic carbocycles. The SMILES string of the molecule is CCCCCCCCCCCCCCCCc1ccccc1N(C(=S)[S-])c1ccccc1CCCCCCCCCCCCCCCC.CCCCCCCCCCCCCCCCc1ccccc1N(C(=S)[S-])c1ccccc1CCCCCCCCCCCCCCCC.[Zn+2]. The first kappa shape index (κ1) is 90.8. The van der Waals surface area contributed by atoms with E-state index >= 15 is 0 Å². The molecule has 0 bridgehead atoms. The van der Waals surface area contributed by atoms with Crippen molar-refractivity contribution in [3.63, 3.8) is 0 Å². The quantitative estimate of drug-likeness (QED) is 0.0187. The van der Waals surface area contributed by atoms with Gasteiger partial charge in [-0.1, -0.05) is 443 Å². The van der Waals surface area contributed by atoms with Crippen molar-refractivity contribution in [2.75, 3.05) is 9.80 Å². The number of hydrogen-bond donors (Lipinski definition) is 0. The van der Waals surface area contributed by atoms with E-state index in [1.54, 1.807) is 0 Å². The summed E-state index contributed by atoms with van der Waals surface area (Å²) in [5.41, 5.74) is 10.2. The van der Waals surface area contributed by atoms with E-state index < -0.39 is 0 Å². The van der Waals surface area contributed by atoms with Gasteiger partial charge in [-0.05, 0) is 97.9 Å². The normalized spacial score (nSPS) is 11.2. The first-order valence-electron chi connectivity index (χ1n) is 41.7. The Bertz CT molecular complexity index is 2090. The van der Waals surface area contributed by atoms with Crippen LogP contribution >= 0.6 is 24.4 Å². The van der Waals surface area contributed by atoms with Gasteiger partial charge in [0.1, 0.15) is 0 Å². The van der Waals surface area contributed by atoms with E-state index in [0.717, 1.165) is 25.7 Å². The van der Waals surface area contributed by atoms with E-state index in [-0.39, 0.29) is 19.5 Å². The number of anilines is 4. The zero-order valence-electron chi connectivity index (χ0n) is 63.9. The van der Waals surface area contributed by atoms with Crippen molar-refractivity contribution in [2.24, 2.45) is 0 Å². The van der Waals surface area contributed by atoms with Crippen LogP contribution < -0.4 is 9.80 Å². The van der Waals surface area contributed by atoms with Crippen molar-refractivity contribution < 1.29 is 19.5 Å². The molecule has 0 saturated heterocycles. The van der Waals surface area contributed by atoms with Gasteiger partial charge in [-0.15, -0.1) is 0 Å². The van der Waals surface area contributed by atoms with Gasteiger partial charge in [-0.3, -0.25) is 0 Å². The van der Waals surface area contributed by atoms with Gasteiger partial charge in [-0.2, -0.15) is 0 Å². The molecule has 0 amide bonds. The fourth-order valence-electron chi connectivity index (χ4n) is 14.5. The molecule has 4 aromatic carbocycles. The fraction of sp³-hybridized carbons (Fsp3) is 0.711. The monoisotopic (exact) mass is 1450 g/mol. The summed E-state index contributed by atoms with van der Waals surface area (Å²) in [4.78, 5) is 4.37. The third-order valence-electron chi connectivity index (χ3n) is 20.5. The Morgan fingerprint density at radius 1 is 0.216 bits per heavy atom. The van der Waals surface area contributed by atoms with Crippen molar-refractivity contribution in [2.45, 2.75) is 413 Å². The molecule has 0 atom stereocenters. The smallest absolute Gasteiger partial charge is 0.411 e. The minimum atomic E-state index is 0. The number of nitrogens with zero attached hydrogens (tertiary/aromatic N) is 2. The van der Waals surface area contributed by atoms with Crippen LogP contribution in [0.15, 0.2) is 97.1 Å². The number of unbranched alkanes of at least 4 members (excludes halogenated alkanes) is 52. The number of para-hydroxylation sites is 4. The van der Waals surface area contributed by atoms with Crippen molar-refractivity contribution in [3.05, 3.63) is 119 Å². The standard InChI is InChI=1S/2C45H75NS2.Zn/c2*1-3-5-7-9-11-13-15-17-19-21-23-25-27-29-35-41-37-31-33-39-43(41)46(45(47)48)44-40-34-32-38-42(44)36-30-28-26-24-22-20-18-16-14-12-10-8-6-4-2;/h2*31-34,37-40H,3-30,35-36H2,1-2H3,(H,47,48);/q;;+2/p-2. The van der Waals surface area contributed by atoms with Crippen LogP contribution in [0.3, 0.4) is 0 Å². The Labute approximate surface area is 637 Å². The van der Waals surface area contributed by atoms with Crippen LogP contribution in [0.1, 0.15) is 410 Å². The molecule has 0 heterocycles. The number of aryl methyl sites for hydroxylation is 4. The number of rotatable bonds is 64.